The van der Waals surface area contributed by atoms with Crippen LogP contribution in [-0.4, -0.2) is 17.1 Å². The number of rotatable bonds is 5. The van der Waals surface area contributed by atoms with E-state index in [1.807, 2.05) is 6.07 Å². The maximum absolute atomic E-state index is 9.98. The van der Waals surface area contributed by atoms with E-state index in [1.165, 1.54) is 66.0 Å². The number of anilines is 2. The summed E-state index contributed by atoms with van der Waals surface area (Å²) < 4.78 is 0. The fourth-order valence-electron chi connectivity index (χ4n) is 6.32. The van der Waals surface area contributed by atoms with E-state index >= 15 is 0 Å². The van der Waals surface area contributed by atoms with Crippen LogP contribution in [0, 0.1) is 11.3 Å². The normalized spacial score (nSPS) is 21.9. The van der Waals surface area contributed by atoms with Crippen LogP contribution in [0.5, 0.6) is 0 Å². The Morgan fingerprint density at radius 1 is 1.28 bits per heavy atom. The molecular formula is C28H36N4. The first-order valence-corrected chi connectivity index (χ1v) is 12.6. The molecule has 1 saturated heterocycles. The van der Waals surface area contributed by atoms with E-state index in [2.05, 4.69) is 43.9 Å². The molecule has 1 spiro atoms. The third-order valence-electron chi connectivity index (χ3n) is 8.71. The quantitative estimate of drug-likeness (QED) is 0.592. The zero-order valence-electron chi connectivity index (χ0n) is 19.9. The van der Waals surface area contributed by atoms with Crippen molar-refractivity contribution < 1.29 is 0 Å². The van der Waals surface area contributed by atoms with Gasteiger partial charge in [0.25, 0.3) is 0 Å². The standard InChI is InChI=1S/C28H36N4/c1-4-18(3)21-9-10-24(30)23(17-29)27(21)19-7-8-22-25(15-19)31-20(5-2)16-26(22)32-14-13-28(32)11-6-12-28/h9-10,16,18-19H,4-8,11-15,30H2,1-3H3/t18-,19?/m0/s1. The van der Waals surface area contributed by atoms with Crippen LogP contribution in [0.4, 0.5) is 11.4 Å². The maximum atomic E-state index is 9.98. The number of nitrogen functional groups attached to an aromatic ring is 1. The fourth-order valence-corrected chi connectivity index (χ4v) is 6.32. The Kier molecular flexibility index (Phi) is 5.40. The molecule has 2 N–H and O–H groups in total. The first-order valence-electron chi connectivity index (χ1n) is 12.6. The van der Waals surface area contributed by atoms with Crippen LogP contribution >= 0.6 is 0 Å². The lowest BCUT2D eigenvalue weighted by Gasteiger charge is -2.60. The van der Waals surface area contributed by atoms with Crippen LogP contribution in [0.15, 0.2) is 18.2 Å². The summed E-state index contributed by atoms with van der Waals surface area (Å²) >= 11 is 0. The minimum absolute atomic E-state index is 0.311. The van der Waals surface area contributed by atoms with Gasteiger partial charge in [-0.2, -0.15) is 5.26 Å². The molecule has 0 bridgehead atoms. The summed E-state index contributed by atoms with van der Waals surface area (Å²) in [4.78, 5) is 7.84. The van der Waals surface area contributed by atoms with Crippen molar-refractivity contribution in [2.75, 3.05) is 17.2 Å². The Morgan fingerprint density at radius 3 is 2.69 bits per heavy atom. The van der Waals surface area contributed by atoms with Gasteiger partial charge in [0.15, 0.2) is 0 Å². The van der Waals surface area contributed by atoms with Crippen LogP contribution in [0.25, 0.3) is 0 Å². The van der Waals surface area contributed by atoms with Gasteiger partial charge in [0.2, 0.25) is 0 Å². The number of hydrogen-bond donors (Lipinski definition) is 1. The molecule has 2 aromatic rings. The molecule has 2 fully saturated rings. The minimum Gasteiger partial charge on any atom is -0.398 e. The average molecular weight is 429 g/mol. The average Bonchev–Trinajstić information content (AvgIpc) is 2.76. The van der Waals surface area contributed by atoms with Gasteiger partial charge in [-0.3, -0.25) is 4.98 Å². The first-order chi connectivity index (χ1) is 15.5. The molecule has 168 valence electrons. The fraction of sp³-hybridized carbons (Fsp3) is 0.571. The largest absolute Gasteiger partial charge is 0.398 e. The maximum Gasteiger partial charge on any atom is 0.102 e. The van der Waals surface area contributed by atoms with E-state index in [0.29, 0.717) is 28.6 Å². The third kappa shape index (κ3) is 3.20. The van der Waals surface area contributed by atoms with Crippen molar-refractivity contribution in [1.29, 1.82) is 5.26 Å². The number of fused-ring (bicyclic) bond motifs is 1. The molecule has 0 amide bonds. The molecule has 1 aromatic carbocycles. The van der Waals surface area contributed by atoms with Gasteiger partial charge in [-0.05, 0) is 98.4 Å². The van der Waals surface area contributed by atoms with E-state index in [0.717, 1.165) is 32.1 Å². The highest BCUT2D eigenvalue weighted by molar-refractivity contribution is 5.64. The summed E-state index contributed by atoms with van der Waals surface area (Å²) in [6.07, 6.45) is 10.5. The van der Waals surface area contributed by atoms with E-state index in [4.69, 9.17) is 10.7 Å². The summed E-state index contributed by atoms with van der Waals surface area (Å²) in [5.74, 6) is 0.732. The van der Waals surface area contributed by atoms with Crippen molar-refractivity contribution >= 4 is 11.4 Å². The van der Waals surface area contributed by atoms with Crippen molar-refractivity contribution in [3.8, 4) is 6.07 Å². The monoisotopic (exact) mass is 428 g/mol. The van der Waals surface area contributed by atoms with Crippen LogP contribution in [0.3, 0.4) is 0 Å². The lowest BCUT2D eigenvalue weighted by Crippen LogP contribution is -2.64. The van der Waals surface area contributed by atoms with Crippen molar-refractivity contribution in [3.63, 3.8) is 0 Å². The summed E-state index contributed by atoms with van der Waals surface area (Å²) in [7, 11) is 0. The molecule has 1 saturated carbocycles. The smallest absolute Gasteiger partial charge is 0.102 e. The summed E-state index contributed by atoms with van der Waals surface area (Å²) in [5.41, 5.74) is 15.9. The van der Waals surface area contributed by atoms with E-state index < -0.39 is 0 Å². The van der Waals surface area contributed by atoms with Gasteiger partial charge in [0.1, 0.15) is 6.07 Å². The minimum atomic E-state index is 0.311. The molecular weight excluding hydrogens is 392 g/mol. The van der Waals surface area contributed by atoms with Gasteiger partial charge in [0.05, 0.1) is 5.56 Å². The lowest BCUT2D eigenvalue weighted by atomic mass is 9.67. The van der Waals surface area contributed by atoms with E-state index in [9.17, 15) is 5.26 Å². The Labute approximate surface area is 192 Å². The van der Waals surface area contributed by atoms with Gasteiger partial charge in [-0.25, -0.2) is 0 Å². The number of aromatic nitrogens is 1. The number of nitriles is 1. The zero-order valence-corrected chi connectivity index (χ0v) is 19.9. The third-order valence-corrected chi connectivity index (χ3v) is 8.71. The van der Waals surface area contributed by atoms with Crippen molar-refractivity contribution in [1.82, 2.24) is 4.98 Å². The molecule has 1 aromatic heterocycles. The van der Waals surface area contributed by atoms with Crippen LogP contribution in [0.2, 0.25) is 0 Å². The molecule has 2 aliphatic carbocycles. The second kappa shape index (κ2) is 8.10. The van der Waals surface area contributed by atoms with Gasteiger partial charge in [-0.1, -0.05) is 26.8 Å². The van der Waals surface area contributed by atoms with Crippen LogP contribution in [0.1, 0.15) is 105 Å². The highest BCUT2D eigenvalue weighted by Gasteiger charge is 2.50. The predicted molar refractivity (Wildman–Crippen MR) is 131 cm³/mol. The van der Waals surface area contributed by atoms with Gasteiger partial charge in [-0.15, -0.1) is 0 Å². The summed E-state index contributed by atoms with van der Waals surface area (Å²) in [5, 5.41) is 9.98. The molecule has 2 heterocycles. The van der Waals surface area contributed by atoms with Crippen molar-refractivity contribution in [2.24, 2.45) is 0 Å². The Morgan fingerprint density at radius 2 is 2.09 bits per heavy atom. The first kappa shape index (κ1) is 21.3. The van der Waals surface area contributed by atoms with Gasteiger partial charge in [0, 0.05) is 34.8 Å². The second-order valence-electron chi connectivity index (χ2n) is 10.3. The lowest BCUT2D eigenvalue weighted by molar-refractivity contribution is 0.151. The van der Waals surface area contributed by atoms with Gasteiger partial charge < -0.3 is 10.6 Å². The number of benzene rings is 1. The number of pyridine rings is 1. The highest BCUT2D eigenvalue weighted by atomic mass is 15.3. The SMILES string of the molecule is CCc1cc(N2CCC23CCC3)c2c(n1)CC(c1c([C@@H](C)CC)ccc(N)c1C#N)CC2. The topological polar surface area (TPSA) is 65.9 Å². The highest BCUT2D eigenvalue weighted by Crippen LogP contribution is 2.51. The predicted octanol–water partition coefficient (Wildman–Crippen LogP) is 6.02. The van der Waals surface area contributed by atoms with Crippen LogP contribution < -0.4 is 10.6 Å². The number of hydrogen-bond acceptors (Lipinski definition) is 4. The van der Waals surface area contributed by atoms with E-state index in [1.54, 1.807) is 0 Å². The molecule has 2 atom stereocenters. The molecule has 1 unspecified atom stereocenters. The van der Waals surface area contributed by atoms with Crippen molar-refractivity contribution in [2.45, 2.75) is 95.9 Å². The molecule has 3 aliphatic rings. The second-order valence-corrected chi connectivity index (χ2v) is 10.3. The van der Waals surface area contributed by atoms with Crippen LogP contribution in [-0.2, 0) is 19.3 Å². The Hall–Kier alpha value is -2.54. The van der Waals surface area contributed by atoms with Crippen molar-refractivity contribution in [3.05, 3.63) is 51.8 Å². The number of aryl methyl sites for hydroxylation is 1. The van der Waals surface area contributed by atoms with E-state index in [-0.39, 0.29) is 0 Å². The number of nitrogens with zero attached hydrogens (tertiary/aromatic N) is 3. The zero-order chi connectivity index (χ0) is 22.5. The van der Waals surface area contributed by atoms with Gasteiger partial charge >= 0.3 is 0 Å². The molecule has 1 aliphatic heterocycles. The molecule has 5 rings (SSSR count). The summed E-state index contributed by atoms with van der Waals surface area (Å²) in [6.45, 7) is 7.88. The summed E-state index contributed by atoms with van der Waals surface area (Å²) in [6, 6.07) is 8.91. The Balaban J connectivity index is 1.56. The number of nitrogens with two attached hydrogens (primary N) is 1. The molecule has 4 nitrogen and oxygen atoms in total. The molecule has 0 radical (unpaired) electrons. The Bertz CT molecular complexity index is 1070. The molecule has 32 heavy (non-hydrogen) atoms. The molecule has 4 heteroatoms.